The molecule has 84 valence electrons. The molecule has 3 rings (SSSR count). The van der Waals surface area contributed by atoms with Gasteiger partial charge in [0, 0.05) is 0 Å². The third-order valence-electron chi connectivity index (χ3n) is 2.46. The van der Waals surface area contributed by atoms with Crippen molar-refractivity contribution in [1.29, 1.82) is 0 Å². The molecule has 2 heterocycles. The lowest BCUT2D eigenvalue weighted by atomic mass is 10.3. The Labute approximate surface area is 101 Å². The van der Waals surface area contributed by atoms with Gasteiger partial charge in [-0.25, -0.2) is 9.97 Å². The highest BCUT2D eigenvalue weighted by Gasteiger charge is 2.10. The molecule has 0 saturated heterocycles. The number of H-pyrrole nitrogens is 1. The van der Waals surface area contributed by atoms with Crippen molar-refractivity contribution in [3.05, 3.63) is 52.3 Å². The highest BCUT2D eigenvalue weighted by Crippen LogP contribution is 2.21. The Kier molecular flexibility index (Phi) is 2.19. The van der Waals surface area contributed by atoms with E-state index < -0.39 is 0 Å². The Morgan fingerprint density at radius 3 is 2.88 bits per heavy atom. The summed E-state index contributed by atoms with van der Waals surface area (Å²) in [4.78, 5) is 22.3. The fraction of sp³-hybridized carbons (Fsp3) is 0. The molecule has 0 radical (unpaired) electrons. The van der Waals surface area contributed by atoms with Crippen LogP contribution < -0.4 is 5.56 Å². The van der Waals surface area contributed by atoms with E-state index in [1.165, 1.54) is 12.7 Å². The molecule has 0 saturated carbocycles. The van der Waals surface area contributed by atoms with Crippen molar-refractivity contribution >= 4 is 22.8 Å². The van der Waals surface area contributed by atoms with Gasteiger partial charge in [0.1, 0.15) is 6.33 Å². The molecule has 0 aliphatic heterocycles. The minimum Gasteiger partial charge on any atom is -0.311 e. The molecule has 1 N–H and O–H groups in total. The van der Waals surface area contributed by atoms with Gasteiger partial charge in [-0.05, 0) is 12.1 Å². The first kappa shape index (κ1) is 10.0. The van der Waals surface area contributed by atoms with E-state index in [4.69, 9.17) is 11.6 Å². The zero-order valence-corrected chi connectivity index (χ0v) is 9.35. The molecule has 0 bridgehead atoms. The number of hydrogen-bond donors (Lipinski definition) is 1. The number of aromatic nitrogens is 4. The number of benzene rings is 1. The number of nitrogens with zero attached hydrogens (tertiary/aromatic N) is 3. The molecule has 0 aliphatic rings. The smallest absolute Gasteiger partial charge is 0.277 e. The average Bonchev–Trinajstić information content (AvgIpc) is 2.75. The van der Waals surface area contributed by atoms with Crippen molar-refractivity contribution < 1.29 is 0 Å². The first-order valence-corrected chi connectivity index (χ1v) is 5.31. The van der Waals surface area contributed by atoms with E-state index in [9.17, 15) is 4.79 Å². The highest BCUT2D eigenvalue weighted by molar-refractivity contribution is 6.32. The summed E-state index contributed by atoms with van der Waals surface area (Å²) in [6.07, 6.45) is 2.86. The quantitative estimate of drug-likeness (QED) is 0.712. The largest absolute Gasteiger partial charge is 0.311 e. The Morgan fingerprint density at radius 2 is 2.06 bits per heavy atom. The molecule has 3 aromatic rings. The van der Waals surface area contributed by atoms with Crippen molar-refractivity contribution in [2.24, 2.45) is 0 Å². The maximum absolute atomic E-state index is 11.7. The summed E-state index contributed by atoms with van der Waals surface area (Å²) < 4.78 is 1.63. The Bertz CT molecular complexity index is 746. The van der Waals surface area contributed by atoms with Crippen LogP contribution >= 0.6 is 11.6 Å². The summed E-state index contributed by atoms with van der Waals surface area (Å²) >= 11 is 6.09. The fourth-order valence-electron chi connectivity index (χ4n) is 1.69. The molecular formula is C11H7ClN4O. The van der Waals surface area contributed by atoms with Gasteiger partial charge in [0.25, 0.3) is 5.56 Å². The summed E-state index contributed by atoms with van der Waals surface area (Å²) in [5, 5.41) is 0.551. The van der Waals surface area contributed by atoms with Crippen LogP contribution in [0.15, 0.2) is 41.7 Å². The number of rotatable bonds is 1. The summed E-state index contributed by atoms with van der Waals surface area (Å²) in [7, 11) is 0. The van der Waals surface area contributed by atoms with Gasteiger partial charge in [-0.2, -0.15) is 0 Å². The number of para-hydroxylation sites is 1. The Balaban J connectivity index is 2.40. The second-order valence-corrected chi connectivity index (χ2v) is 3.88. The summed E-state index contributed by atoms with van der Waals surface area (Å²) in [6.45, 7) is 0. The van der Waals surface area contributed by atoms with Crippen LogP contribution in [0.3, 0.4) is 0 Å². The molecule has 17 heavy (non-hydrogen) atoms. The van der Waals surface area contributed by atoms with E-state index in [1.54, 1.807) is 10.6 Å². The van der Waals surface area contributed by atoms with Gasteiger partial charge in [-0.1, -0.05) is 23.7 Å². The van der Waals surface area contributed by atoms with Crippen LogP contribution in [0.4, 0.5) is 0 Å². The second kappa shape index (κ2) is 3.71. The lowest BCUT2D eigenvalue weighted by Crippen LogP contribution is -2.10. The molecule has 0 fully saturated rings. The SMILES string of the molecule is O=c1[nH]cnc2ncn(-c3ccccc3Cl)c12. The molecule has 0 amide bonds. The van der Waals surface area contributed by atoms with Crippen LogP contribution in [0.25, 0.3) is 16.9 Å². The standard InChI is InChI=1S/C11H7ClN4O/c12-7-3-1-2-4-8(7)16-6-15-10-9(16)11(17)14-5-13-10/h1-6H,(H,13,14,17). The van der Waals surface area contributed by atoms with Gasteiger partial charge in [-0.3, -0.25) is 9.36 Å². The predicted octanol–water partition coefficient (Wildman–Crippen LogP) is 1.76. The van der Waals surface area contributed by atoms with E-state index >= 15 is 0 Å². The predicted molar refractivity (Wildman–Crippen MR) is 64.5 cm³/mol. The van der Waals surface area contributed by atoms with Crippen molar-refractivity contribution in [3.63, 3.8) is 0 Å². The van der Waals surface area contributed by atoms with Crippen molar-refractivity contribution in [1.82, 2.24) is 19.5 Å². The van der Waals surface area contributed by atoms with E-state index in [0.717, 1.165) is 0 Å². The maximum Gasteiger partial charge on any atom is 0.277 e. The summed E-state index contributed by atoms with van der Waals surface area (Å²) in [5.41, 5.74) is 1.25. The first-order valence-electron chi connectivity index (χ1n) is 4.93. The third-order valence-corrected chi connectivity index (χ3v) is 2.78. The van der Waals surface area contributed by atoms with Crippen LogP contribution in [0.2, 0.25) is 5.02 Å². The molecule has 6 heteroatoms. The number of halogens is 1. The monoisotopic (exact) mass is 246 g/mol. The van der Waals surface area contributed by atoms with E-state index in [-0.39, 0.29) is 5.56 Å². The normalized spacial score (nSPS) is 10.9. The minimum absolute atomic E-state index is 0.243. The Morgan fingerprint density at radius 1 is 1.24 bits per heavy atom. The highest BCUT2D eigenvalue weighted by atomic mass is 35.5. The van der Waals surface area contributed by atoms with E-state index in [2.05, 4.69) is 15.0 Å². The van der Waals surface area contributed by atoms with E-state index in [0.29, 0.717) is 21.9 Å². The minimum atomic E-state index is -0.243. The van der Waals surface area contributed by atoms with Crippen molar-refractivity contribution in [3.8, 4) is 5.69 Å². The van der Waals surface area contributed by atoms with Crippen molar-refractivity contribution in [2.45, 2.75) is 0 Å². The van der Waals surface area contributed by atoms with Gasteiger partial charge < -0.3 is 4.98 Å². The maximum atomic E-state index is 11.7. The van der Waals surface area contributed by atoms with Gasteiger partial charge in [0.2, 0.25) is 0 Å². The number of imidazole rings is 1. The zero-order chi connectivity index (χ0) is 11.8. The molecule has 0 unspecified atom stereocenters. The van der Waals surface area contributed by atoms with Crippen LogP contribution in [-0.2, 0) is 0 Å². The average molecular weight is 247 g/mol. The lowest BCUT2D eigenvalue weighted by Gasteiger charge is -2.04. The van der Waals surface area contributed by atoms with Crippen LogP contribution in [0.1, 0.15) is 0 Å². The summed E-state index contributed by atoms with van der Waals surface area (Å²) in [6, 6.07) is 7.24. The summed E-state index contributed by atoms with van der Waals surface area (Å²) in [5.74, 6) is 0. The number of fused-ring (bicyclic) bond motifs is 1. The second-order valence-electron chi connectivity index (χ2n) is 3.47. The molecule has 5 nitrogen and oxygen atoms in total. The molecule has 1 aromatic carbocycles. The van der Waals surface area contributed by atoms with Gasteiger partial charge in [-0.15, -0.1) is 0 Å². The fourth-order valence-corrected chi connectivity index (χ4v) is 1.92. The van der Waals surface area contributed by atoms with Crippen LogP contribution in [-0.4, -0.2) is 19.5 Å². The topological polar surface area (TPSA) is 63.6 Å². The molecule has 0 spiro atoms. The third kappa shape index (κ3) is 1.52. The van der Waals surface area contributed by atoms with Crippen LogP contribution in [0, 0.1) is 0 Å². The van der Waals surface area contributed by atoms with E-state index in [1.807, 2.05) is 18.2 Å². The van der Waals surface area contributed by atoms with Gasteiger partial charge >= 0.3 is 0 Å². The molecule has 0 aliphatic carbocycles. The van der Waals surface area contributed by atoms with Crippen molar-refractivity contribution in [2.75, 3.05) is 0 Å². The Hall–Kier alpha value is -2.14. The lowest BCUT2D eigenvalue weighted by molar-refractivity contribution is 1.07. The van der Waals surface area contributed by atoms with Crippen LogP contribution in [0.5, 0.6) is 0 Å². The molecular weight excluding hydrogens is 240 g/mol. The number of aromatic amines is 1. The van der Waals surface area contributed by atoms with Gasteiger partial charge in [0.05, 0.1) is 17.0 Å². The number of hydrogen-bond acceptors (Lipinski definition) is 3. The first-order chi connectivity index (χ1) is 8.27. The van der Waals surface area contributed by atoms with Gasteiger partial charge in [0.15, 0.2) is 11.2 Å². The molecule has 2 aromatic heterocycles. The molecule has 0 atom stereocenters. The number of nitrogens with one attached hydrogen (secondary N) is 1. The zero-order valence-electron chi connectivity index (χ0n) is 8.59.